The first-order valence-corrected chi connectivity index (χ1v) is 9.41. The van der Waals surface area contributed by atoms with Gasteiger partial charge in [0.25, 0.3) is 5.91 Å². The second-order valence-electron chi connectivity index (χ2n) is 5.84. The minimum Gasteiger partial charge on any atom is -0.494 e. The van der Waals surface area contributed by atoms with Crippen LogP contribution in [0.4, 0.5) is 5.69 Å². The molecule has 0 fully saturated rings. The Morgan fingerprint density at radius 1 is 1.07 bits per heavy atom. The van der Waals surface area contributed by atoms with Crippen LogP contribution in [0.5, 0.6) is 5.75 Å². The van der Waals surface area contributed by atoms with Crippen LogP contribution in [0.3, 0.4) is 0 Å². The number of anilines is 1. The molecule has 0 saturated carbocycles. The number of carbonyl (C=O) groups is 1. The van der Waals surface area contributed by atoms with Crippen LogP contribution in [0.15, 0.2) is 66.9 Å². The Morgan fingerprint density at radius 2 is 1.85 bits per heavy atom. The first kappa shape index (κ1) is 17.2. The number of fused-ring (bicyclic) bond motifs is 1. The second kappa shape index (κ2) is 7.55. The molecule has 2 aromatic carbocycles. The number of carbonyl (C=O) groups excluding carboxylic acids is 1. The molecule has 0 aliphatic rings. The summed E-state index contributed by atoms with van der Waals surface area (Å²) in [6.07, 6.45) is 1.77. The predicted molar refractivity (Wildman–Crippen MR) is 108 cm³/mol. The molecule has 1 N–H and O–H groups in total. The maximum Gasteiger partial charge on any atom is 0.255 e. The number of rotatable bonds is 5. The summed E-state index contributed by atoms with van der Waals surface area (Å²) in [6.45, 7) is 2.53. The summed E-state index contributed by atoms with van der Waals surface area (Å²) in [6, 6.07) is 18.6. The fraction of sp³-hybridized carbons (Fsp3) is 0.0952. The SMILES string of the molecule is CCOc1ccc(C(=O)Nc2ccc(-c3nc4cccnc4s3)cc2)cc1. The Hall–Kier alpha value is -3.25. The zero-order valence-electron chi connectivity index (χ0n) is 14.7. The standard InChI is InChI=1S/C21H17N3O2S/c1-2-26-17-11-7-14(8-12-17)19(25)23-16-9-5-15(6-10-16)20-24-18-4-3-13-22-21(18)27-20/h3-13H,2H2,1H3,(H,23,25). The summed E-state index contributed by atoms with van der Waals surface area (Å²) in [7, 11) is 0. The minimum atomic E-state index is -0.157. The topological polar surface area (TPSA) is 64.1 Å². The number of hydrogen-bond acceptors (Lipinski definition) is 5. The van der Waals surface area contributed by atoms with E-state index in [-0.39, 0.29) is 5.91 Å². The van der Waals surface area contributed by atoms with Crippen molar-refractivity contribution in [2.45, 2.75) is 6.92 Å². The van der Waals surface area contributed by atoms with Crippen molar-refractivity contribution in [1.29, 1.82) is 0 Å². The number of thiazole rings is 1. The Bertz CT molecular complexity index is 1040. The quantitative estimate of drug-likeness (QED) is 0.533. The smallest absolute Gasteiger partial charge is 0.255 e. The molecule has 0 atom stereocenters. The first-order chi connectivity index (χ1) is 13.2. The lowest BCUT2D eigenvalue weighted by molar-refractivity contribution is 0.102. The highest BCUT2D eigenvalue weighted by molar-refractivity contribution is 7.21. The van der Waals surface area contributed by atoms with E-state index in [2.05, 4.69) is 15.3 Å². The van der Waals surface area contributed by atoms with Crippen molar-refractivity contribution in [1.82, 2.24) is 9.97 Å². The van der Waals surface area contributed by atoms with Crippen molar-refractivity contribution >= 4 is 33.3 Å². The second-order valence-corrected chi connectivity index (χ2v) is 6.81. The molecule has 134 valence electrons. The number of benzene rings is 2. The summed E-state index contributed by atoms with van der Waals surface area (Å²) >= 11 is 1.55. The number of hydrogen-bond donors (Lipinski definition) is 1. The fourth-order valence-corrected chi connectivity index (χ4v) is 3.57. The van der Waals surface area contributed by atoms with Gasteiger partial charge in [-0.3, -0.25) is 4.79 Å². The fourth-order valence-electron chi connectivity index (χ4n) is 2.66. The predicted octanol–water partition coefficient (Wildman–Crippen LogP) is 5.01. The van der Waals surface area contributed by atoms with E-state index in [0.717, 1.165) is 32.4 Å². The number of amides is 1. The molecule has 2 aromatic heterocycles. The molecule has 2 heterocycles. The zero-order valence-corrected chi connectivity index (χ0v) is 15.5. The van der Waals surface area contributed by atoms with E-state index >= 15 is 0 Å². The van der Waals surface area contributed by atoms with E-state index in [4.69, 9.17) is 4.74 Å². The van der Waals surface area contributed by atoms with Crippen molar-refractivity contribution < 1.29 is 9.53 Å². The van der Waals surface area contributed by atoms with Crippen LogP contribution in [-0.4, -0.2) is 22.5 Å². The van der Waals surface area contributed by atoms with Gasteiger partial charge in [0, 0.05) is 23.0 Å². The maximum absolute atomic E-state index is 12.4. The third kappa shape index (κ3) is 3.80. The lowest BCUT2D eigenvalue weighted by Gasteiger charge is -2.07. The van der Waals surface area contributed by atoms with Crippen LogP contribution >= 0.6 is 11.3 Å². The number of nitrogens with one attached hydrogen (secondary N) is 1. The number of nitrogens with zero attached hydrogens (tertiary/aromatic N) is 2. The zero-order chi connectivity index (χ0) is 18.6. The van der Waals surface area contributed by atoms with E-state index in [1.807, 2.05) is 43.3 Å². The molecule has 4 aromatic rings. The van der Waals surface area contributed by atoms with Gasteiger partial charge in [-0.25, -0.2) is 9.97 Å². The molecule has 0 spiro atoms. The van der Waals surface area contributed by atoms with Crippen molar-refractivity contribution in [3.05, 3.63) is 72.4 Å². The van der Waals surface area contributed by atoms with Crippen LogP contribution in [-0.2, 0) is 0 Å². The van der Waals surface area contributed by atoms with E-state index in [1.54, 1.807) is 41.8 Å². The van der Waals surface area contributed by atoms with Gasteiger partial charge in [-0.1, -0.05) is 11.3 Å². The molecule has 0 saturated heterocycles. The Morgan fingerprint density at radius 3 is 2.56 bits per heavy atom. The van der Waals surface area contributed by atoms with Crippen LogP contribution in [0, 0.1) is 0 Å². The van der Waals surface area contributed by atoms with Gasteiger partial charge in [0.15, 0.2) is 0 Å². The van der Waals surface area contributed by atoms with E-state index in [1.165, 1.54) is 0 Å². The third-order valence-electron chi connectivity index (χ3n) is 3.98. The Balaban J connectivity index is 1.47. The van der Waals surface area contributed by atoms with E-state index in [0.29, 0.717) is 12.2 Å². The van der Waals surface area contributed by atoms with Gasteiger partial charge in [-0.2, -0.15) is 0 Å². The van der Waals surface area contributed by atoms with Gasteiger partial charge in [0.2, 0.25) is 0 Å². The van der Waals surface area contributed by atoms with Gasteiger partial charge in [0.1, 0.15) is 21.1 Å². The van der Waals surface area contributed by atoms with Crippen LogP contribution in [0.2, 0.25) is 0 Å². The normalized spacial score (nSPS) is 10.7. The van der Waals surface area contributed by atoms with Crippen LogP contribution in [0.25, 0.3) is 20.9 Å². The Kier molecular flexibility index (Phi) is 4.80. The summed E-state index contributed by atoms with van der Waals surface area (Å²) in [5.74, 6) is 0.596. The number of pyridine rings is 1. The summed E-state index contributed by atoms with van der Waals surface area (Å²) in [4.78, 5) is 22.2. The van der Waals surface area contributed by atoms with Crippen molar-refractivity contribution in [2.24, 2.45) is 0 Å². The van der Waals surface area contributed by atoms with E-state index < -0.39 is 0 Å². The van der Waals surface area contributed by atoms with Crippen molar-refractivity contribution in [3.8, 4) is 16.3 Å². The average molecular weight is 375 g/mol. The van der Waals surface area contributed by atoms with Crippen molar-refractivity contribution in [3.63, 3.8) is 0 Å². The van der Waals surface area contributed by atoms with Gasteiger partial charge in [-0.15, -0.1) is 0 Å². The van der Waals surface area contributed by atoms with E-state index in [9.17, 15) is 4.79 Å². The molecule has 27 heavy (non-hydrogen) atoms. The number of aromatic nitrogens is 2. The van der Waals surface area contributed by atoms with Gasteiger partial charge < -0.3 is 10.1 Å². The lowest BCUT2D eigenvalue weighted by atomic mass is 10.2. The molecule has 0 unspecified atom stereocenters. The molecule has 0 aliphatic carbocycles. The lowest BCUT2D eigenvalue weighted by Crippen LogP contribution is -2.11. The molecule has 0 aliphatic heterocycles. The summed E-state index contributed by atoms with van der Waals surface area (Å²) < 4.78 is 5.39. The summed E-state index contributed by atoms with van der Waals surface area (Å²) in [5, 5.41) is 3.82. The summed E-state index contributed by atoms with van der Waals surface area (Å²) in [5.41, 5.74) is 3.21. The third-order valence-corrected chi connectivity index (χ3v) is 5.01. The monoisotopic (exact) mass is 375 g/mol. The average Bonchev–Trinajstić information content (AvgIpc) is 3.13. The molecule has 1 amide bonds. The highest BCUT2D eigenvalue weighted by Crippen LogP contribution is 2.29. The molecule has 5 nitrogen and oxygen atoms in total. The molecular formula is C21H17N3O2S. The molecule has 0 radical (unpaired) electrons. The highest BCUT2D eigenvalue weighted by atomic mass is 32.1. The molecule has 6 heteroatoms. The Labute approximate surface area is 160 Å². The minimum absolute atomic E-state index is 0.157. The number of ether oxygens (including phenoxy) is 1. The van der Waals surface area contributed by atoms with Crippen LogP contribution in [0.1, 0.15) is 17.3 Å². The van der Waals surface area contributed by atoms with Crippen molar-refractivity contribution in [2.75, 3.05) is 11.9 Å². The van der Waals surface area contributed by atoms with Gasteiger partial charge >= 0.3 is 0 Å². The highest BCUT2D eigenvalue weighted by Gasteiger charge is 2.09. The van der Waals surface area contributed by atoms with Gasteiger partial charge in [-0.05, 0) is 67.6 Å². The van der Waals surface area contributed by atoms with Crippen LogP contribution < -0.4 is 10.1 Å². The largest absolute Gasteiger partial charge is 0.494 e. The van der Waals surface area contributed by atoms with Gasteiger partial charge in [0.05, 0.1) is 6.61 Å². The molecule has 4 rings (SSSR count). The maximum atomic E-state index is 12.4. The first-order valence-electron chi connectivity index (χ1n) is 8.59. The molecular weight excluding hydrogens is 358 g/mol. The molecule has 0 bridgehead atoms.